The molecule has 4 amide bonds. The zero-order chi connectivity index (χ0) is 57.8. The van der Waals surface area contributed by atoms with Gasteiger partial charge in [0.25, 0.3) is 5.91 Å². The smallest absolute Gasteiger partial charge is 0.408 e. The van der Waals surface area contributed by atoms with Crippen LogP contribution in [0.5, 0.6) is 0 Å². The summed E-state index contributed by atoms with van der Waals surface area (Å²) in [5.74, 6) is 2.12. The summed E-state index contributed by atoms with van der Waals surface area (Å²) in [6, 6.07) is 10.3. The maximum atomic E-state index is 16.1. The summed E-state index contributed by atoms with van der Waals surface area (Å²) in [4.78, 5) is 63.3. The number of alkyl halides is 5. The molecule has 4 aliphatic rings. The van der Waals surface area contributed by atoms with Crippen LogP contribution in [-0.4, -0.2) is 148 Å². The highest BCUT2D eigenvalue weighted by atomic mass is 19.4. The molecule has 1 saturated carbocycles. The van der Waals surface area contributed by atoms with Gasteiger partial charge in [0, 0.05) is 84.4 Å². The third-order valence-electron chi connectivity index (χ3n) is 14.8. The predicted molar refractivity (Wildman–Crippen MR) is 276 cm³/mol. The fourth-order valence-corrected chi connectivity index (χ4v) is 9.92. The number of alkyl carbamates (subject to hydrolysis) is 2. The number of amides is 4. The fraction of sp³-hybridized carbons (Fsp3) is 0.527. The van der Waals surface area contributed by atoms with Crippen LogP contribution in [0.1, 0.15) is 89.1 Å². The summed E-state index contributed by atoms with van der Waals surface area (Å²) >= 11 is 0. The van der Waals surface area contributed by atoms with Crippen LogP contribution in [0.2, 0.25) is 0 Å². The van der Waals surface area contributed by atoms with Crippen molar-refractivity contribution in [3.05, 3.63) is 101 Å². The minimum absolute atomic E-state index is 0.169. The van der Waals surface area contributed by atoms with E-state index in [0.717, 1.165) is 81.5 Å². The van der Waals surface area contributed by atoms with Gasteiger partial charge in [0.1, 0.15) is 23.5 Å². The van der Waals surface area contributed by atoms with Gasteiger partial charge in [0.05, 0.1) is 49.6 Å². The molecule has 5 heterocycles. The van der Waals surface area contributed by atoms with E-state index in [-0.39, 0.29) is 28.4 Å². The number of hydrazine groups is 1. The number of aliphatic hydroxyl groups excluding tert-OH is 1. The molecule has 6 atom stereocenters. The molecule has 18 nitrogen and oxygen atoms in total. The van der Waals surface area contributed by atoms with E-state index in [4.69, 9.17) is 14.5 Å². The Labute approximate surface area is 458 Å². The van der Waals surface area contributed by atoms with Crippen molar-refractivity contribution < 1.29 is 69.2 Å². The fourth-order valence-electron chi connectivity index (χ4n) is 9.92. The monoisotopic (exact) mass is 1130 g/mol. The number of hydrogen-bond donors (Lipinski definition) is 5. The van der Waals surface area contributed by atoms with E-state index in [1.54, 1.807) is 51.2 Å². The second kappa shape index (κ2) is 24.4. The number of nitrogens with one attached hydrogen (secondary N) is 4. The van der Waals surface area contributed by atoms with Crippen LogP contribution in [0.15, 0.2) is 67.0 Å². The number of ether oxygens (including phenoxy) is 3. The Kier molecular flexibility index (Phi) is 18.0. The SMILES string of the molecule is COC(=O)N[C@H](C(=O)N[C@@H](Cc1ccc(C#Cc2ccc(N3C[C@@H]4CC[C@@H](C3)N4C3COC3)nc2)cc1)[C@@H](O)CN(Cc1c(F)cc(-c2ccn(C(F)F)n2)cc1F)NC(=O)[C@@H](OC(=O)NC1CC1)C(C)(C)C)C(C)(C)C(F)(F)F. The number of piperazine rings is 1. The van der Waals surface area contributed by atoms with Crippen molar-refractivity contribution in [2.24, 2.45) is 10.8 Å². The topological polar surface area (TPSA) is 205 Å². The largest absolute Gasteiger partial charge is 0.453 e. The molecule has 1 aliphatic carbocycles. The van der Waals surface area contributed by atoms with Gasteiger partial charge in [0.2, 0.25) is 5.91 Å². The zero-order valence-electron chi connectivity index (χ0n) is 45.0. The van der Waals surface area contributed by atoms with Gasteiger partial charge in [-0.2, -0.15) is 27.1 Å². The van der Waals surface area contributed by atoms with Gasteiger partial charge in [0.15, 0.2) is 6.10 Å². The van der Waals surface area contributed by atoms with Gasteiger partial charge >= 0.3 is 24.9 Å². The lowest BCUT2D eigenvalue weighted by atomic mass is 9.82. The number of halogens is 7. The highest BCUT2D eigenvalue weighted by molar-refractivity contribution is 5.87. The molecule has 25 heteroatoms. The normalized spacial score (nSPS) is 19.3. The number of carbonyl (C=O) groups excluding carboxylic acids is 4. The molecule has 8 rings (SSSR count). The maximum absolute atomic E-state index is 16.1. The van der Waals surface area contributed by atoms with Crippen molar-refractivity contribution in [3.8, 4) is 23.1 Å². The van der Waals surface area contributed by atoms with Crippen LogP contribution >= 0.6 is 0 Å². The third kappa shape index (κ3) is 14.3. The van der Waals surface area contributed by atoms with Crippen molar-refractivity contribution in [2.45, 2.75) is 134 Å². The van der Waals surface area contributed by atoms with Crippen LogP contribution in [0.25, 0.3) is 11.3 Å². The highest BCUT2D eigenvalue weighted by Gasteiger charge is 2.56. The summed E-state index contributed by atoms with van der Waals surface area (Å²) in [6.07, 6.45) is -4.97. The van der Waals surface area contributed by atoms with E-state index < -0.39 is 102 Å². The molecule has 432 valence electrons. The predicted octanol–water partition coefficient (Wildman–Crippen LogP) is 6.61. The quantitative estimate of drug-likeness (QED) is 0.0382. The third-order valence-corrected chi connectivity index (χ3v) is 14.8. The summed E-state index contributed by atoms with van der Waals surface area (Å²) in [5.41, 5.74) is -1.15. The van der Waals surface area contributed by atoms with Gasteiger partial charge in [-0.05, 0) is 94.0 Å². The number of methoxy groups -OCH3 is 1. The molecule has 0 unspecified atom stereocenters. The lowest BCUT2D eigenvalue weighted by Gasteiger charge is -2.47. The second-order valence-corrected chi connectivity index (χ2v) is 22.3. The zero-order valence-corrected chi connectivity index (χ0v) is 45.0. The number of carbonyl (C=O) groups is 4. The lowest BCUT2D eigenvalue weighted by Crippen LogP contribution is -2.62. The Morgan fingerprint density at radius 1 is 0.850 bits per heavy atom. The molecule has 2 bridgehead atoms. The molecule has 3 aliphatic heterocycles. The number of benzene rings is 2. The van der Waals surface area contributed by atoms with E-state index in [1.165, 1.54) is 0 Å². The van der Waals surface area contributed by atoms with Crippen molar-refractivity contribution in [2.75, 3.05) is 44.9 Å². The summed E-state index contributed by atoms with van der Waals surface area (Å²) in [5, 5.41) is 23.7. The van der Waals surface area contributed by atoms with Gasteiger partial charge in [-0.25, -0.2) is 33.0 Å². The first-order valence-corrected chi connectivity index (χ1v) is 26.2. The van der Waals surface area contributed by atoms with Gasteiger partial charge in [-0.15, -0.1) is 0 Å². The number of hydrogen-bond acceptors (Lipinski definition) is 13. The van der Waals surface area contributed by atoms with Crippen molar-refractivity contribution in [1.82, 2.24) is 46.0 Å². The molecule has 3 saturated heterocycles. The molecule has 4 aromatic rings. The van der Waals surface area contributed by atoms with Gasteiger partial charge in [-0.3, -0.25) is 19.9 Å². The number of fused-ring (bicyclic) bond motifs is 2. The number of aromatic nitrogens is 3. The van der Waals surface area contributed by atoms with Crippen molar-refractivity contribution >= 4 is 29.8 Å². The van der Waals surface area contributed by atoms with E-state index in [0.29, 0.717) is 61.5 Å². The van der Waals surface area contributed by atoms with Crippen LogP contribution in [0, 0.1) is 34.3 Å². The van der Waals surface area contributed by atoms with Crippen molar-refractivity contribution in [3.63, 3.8) is 0 Å². The van der Waals surface area contributed by atoms with Crippen molar-refractivity contribution in [1.29, 1.82) is 0 Å². The van der Waals surface area contributed by atoms with E-state index >= 15 is 8.78 Å². The molecule has 5 N–H and O–H groups in total. The van der Waals surface area contributed by atoms with Crippen LogP contribution < -0.4 is 26.3 Å². The molecule has 2 aromatic heterocycles. The van der Waals surface area contributed by atoms with Crippen LogP contribution in [0.4, 0.5) is 46.1 Å². The first kappa shape index (κ1) is 59.1. The maximum Gasteiger partial charge on any atom is 0.408 e. The van der Waals surface area contributed by atoms with E-state index in [2.05, 4.69) is 47.5 Å². The molecule has 0 radical (unpaired) electrons. The molecule has 0 spiro atoms. The number of aliphatic hydroxyl groups is 1. The molecular weight excluding hydrogens is 1060 g/mol. The second-order valence-electron chi connectivity index (χ2n) is 22.3. The van der Waals surface area contributed by atoms with Gasteiger partial charge < -0.3 is 40.2 Å². The number of anilines is 1. The average molecular weight is 1130 g/mol. The van der Waals surface area contributed by atoms with E-state index in [1.807, 2.05) is 17.4 Å². The molecular formula is C55H65F7N10O8. The summed E-state index contributed by atoms with van der Waals surface area (Å²) < 4.78 is 119. The first-order chi connectivity index (χ1) is 37.8. The van der Waals surface area contributed by atoms with Gasteiger partial charge in [-0.1, -0.05) is 44.7 Å². The molecule has 2 aromatic carbocycles. The summed E-state index contributed by atoms with van der Waals surface area (Å²) in [7, 11) is 0.883. The Bertz CT molecular complexity index is 2880. The molecule has 4 fully saturated rings. The highest BCUT2D eigenvalue weighted by Crippen LogP contribution is 2.41. The number of nitrogens with zero attached hydrogens (tertiary/aromatic N) is 6. The average Bonchev–Trinajstić information content (AvgIpc) is 4.00. The first-order valence-electron chi connectivity index (χ1n) is 26.2. The lowest BCUT2D eigenvalue weighted by molar-refractivity contribution is -0.220. The van der Waals surface area contributed by atoms with Crippen LogP contribution in [0.3, 0.4) is 0 Å². The molecule has 80 heavy (non-hydrogen) atoms. The Morgan fingerprint density at radius 3 is 2.02 bits per heavy atom. The minimum Gasteiger partial charge on any atom is -0.453 e. The Hall–Kier alpha value is -7.01. The Morgan fingerprint density at radius 2 is 1.49 bits per heavy atom. The minimum atomic E-state index is -5.09. The number of pyridine rings is 1. The summed E-state index contributed by atoms with van der Waals surface area (Å²) in [6.45, 7) is 4.62. The number of rotatable bonds is 19. The van der Waals surface area contributed by atoms with Crippen LogP contribution in [-0.2, 0) is 36.8 Å². The Balaban J connectivity index is 1.06. The van der Waals surface area contributed by atoms with E-state index in [9.17, 15) is 46.2 Å². The standard InChI is InChI=1S/C55H65F7N10O8/c1-53(2,3)47(80-52(77)64-35-14-15-35)49(75)68-70(27-39-40(56)22-34(23-41(39)57)42-19-20-71(67-42)50(58)59)28-44(73)43(65-48(74)46(66-51(76)78-6)54(4,5)55(60,61)62)21-32-10-7-31(8-11-32)9-12-33-13-18-45(63-24-33)69-25-36-16-17-37(26-69)72(36)38-29-79-30-38/h7-8,10-11,13,18-20,22-24,35-38,43-44,46-47,50,73H,14-17,21,25-30H2,1-6H3,(H,64,77)(H,65,74)(H,66,76)(H,68,75)/t36-,37-,43-,44-,46+,47+/m0/s1.